The number of carbonyl (C=O) groups is 4. The van der Waals surface area contributed by atoms with Gasteiger partial charge >= 0.3 is 5.97 Å². The highest BCUT2D eigenvalue weighted by molar-refractivity contribution is 9.10. The van der Waals surface area contributed by atoms with E-state index in [1.165, 1.54) is 18.2 Å². The topological polar surface area (TPSA) is 105 Å². The minimum Gasteiger partial charge on any atom is -0.455 e. The van der Waals surface area contributed by atoms with Crippen molar-refractivity contribution in [1.82, 2.24) is 10.4 Å². The van der Waals surface area contributed by atoms with Gasteiger partial charge in [0.25, 0.3) is 11.8 Å². The smallest absolute Gasteiger partial charge is 0.311 e. The van der Waals surface area contributed by atoms with Gasteiger partial charge in [0.2, 0.25) is 5.91 Å². The number of nitrogens with zero attached hydrogens (tertiary/aromatic N) is 1. The monoisotopic (exact) mass is 541 g/mol. The van der Waals surface area contributed by atoms with Crippen LogP contribution in [0.15, 0.2) is 40.9 Å². The minimum atomic E-state index is -0.807. The Morgan fingerprint density at radius 1 is 1.16 bits per heavy atom. The number of benzene rings is 2. The molecule has 0 spiro atoms. The largest absolute Gasteiger partial charge is 0.455 e. The van der Waals surface area contributed by atoms with E-state index >= 15 is 0 Å². The van der Waals surface area contributed by atoms with E-state index in [0.29, 0.717) is 10.7 Å². The number of anilines is 1. The summed E-state index contributed by atoms with van der Waals surface area (Å²) < 4.78 is 5.93. The minimum absolute atomic E-state index is 0.0713. The molecular formula is C21H18BrCl2N3O5. The van der Waals surface area contributed by atoms with Gasteiger partial charge in [-0.1, -0.05) is 39.1 Å². The van der Waals surface area contributed by atoms with Crippen LogP contribution in [0.4, 0.5) is 5.69 Å². The number of halogens is 3. The van der Waals surface area contributed by atoms with Gasteiger partial charge in [-0.3, -0.25) is 29.6 Å². The van der Waals surface area contributed by atoms with Crippen LogP contribution in [-0.4, -0.2) is 41.9 Å². The second-order valence-corrected chi connectivity index (χ2v) is 8.82. The average molecular weight is 543 g/mol. The van der Waals surface area contributed by atoms with Crippen LogP contribution in [-0.2, 0) is 19.1 Å². The highest BCUT2D eigenvalue weighted by Crippen LogP contribution is 2.23. The van der Waals surface area contributed by atoms with Gasteiger partial charge in [-0.05, 0) is 48.9 Å². The maximum absolute atomic E-state index is 12.3. The second kappa shape index (κ2) is 10.3. The molecule has 8 nitrogen and oxygen atoms in total. The Labute approximate surface area is 202 Å². The van der Waals surface area contributed by atoms with Crippen LogP contribution in [0.5, 0.6) is 0 Å². The van der Waals surface area contributed by atoms with Crippen molar-refractivity contribution in [2.24, 2.45) is 5.92 Å². The van der Waals surface area contributed by atoms with Crippen LogP contribution in [0.25, 0.3) is 0 Å². The van der Waals surface area contributed by atoms with Crippen LogP contribution in [0, 0.1) is 12.8 Å². The summed E-state index contributed by atoms with van der Waals surface area (Å²) in [6, 6.07) is 9.64. The van der Waals surface area contributed by atoms with Crippen LogP contribution in [0.3, 0.4) is 0 Å². The molecular weight excluding hydrogens is 525 g/mol. The molecule has 0 radical (unpaired) electrons. The van der Waals surface area contributed by atoms with Gasteiger partial charge in [0, 0.05) is 22.1 Å². The van der Waals surface area contributed by atoms with Crippen molar-refractivity contribution in [2.75, 3.05) is 18.5 Å². The number of amides is 3. The SMILES string of the molecule is Cc1cc(Br)ccc1NC(=O)COC(=O)[C@@H]1CC(=O)N(NC(=O)c2ccc(Cl)c(Cl)c2)C1. The first-order chi connectivity index (χ1) is 15.1. The first-order valence-electron chi connectivity index (χ1n) is 9.43. The highest BCUT2D eigenvalue weighted by atomic mass is 79.9. The number of nitrogens with one attached hydrogen (secondary N) is 2. The fourth-order valence-electron chi connectivity index (χ4n) is 3.01. The van der Waals surface area contributed by atoms with E-state index in [1.807, 2.05) is 13.0 Å². The van der Waals surface area contributed by atoms with Crippen molar-refractivity contribution in [3.63, 3.8) is 0 Å². The number of ether oxygens (including phenoxy) is 1. The van der Waals surface area contributed by atoms with E-state index in [4.69, 9.17) is 27.9 Å². The average Bonchev–Trinajstić information content (AvgIpc) is 3.10. The van der Waals surface area contributed by atoms with E-state index < -0.39 is 36.2 Å². The molecule has 1 aliphatic rings. The molecule has 0 saturated carbocycles. The lowest BCUT2D eigenvalue weighted by atomic mass is 10.1. The zero-order valence-corrected chi connectivity index (χ0v) is 19.9. The van der Waals surface area contributed by atoms with Crippen LogP contribution < -0.4 is 10.7 Å². The van der Waals surface area contributed by atoms with Crippen molar-refractivity contribution in [2.45, 2.75) is 13.3 Å². The lowest BCUT2D eigenvalue weighted by molar-refractivity contribution is -0.151. The Morgan fingerprint density at radius 2 is 1.91 bits per heavy atom. The molecule has 168 valence electrons. The molecule has 2 aromatic carbocycles. The lowest BCUT2D eigenvalue weighted by Crippen LogP contribution is -2.43. The molecule has 2 N–H and O–H groups in total. The maximum Gasteiger partial charge on any atom is 0.311 e. The Morgan fingerprint density at radius 3 is 2.59 bits per heavy atom. The summed E-state index contributed by atoms with van der Waals surface area (Å²) in [5.74, 6) is -3.03. The van der Waals surface area contributed by atoms with Crippen molar-refractivity contribution in [1.29, 1.82) is 0 Å². The number of esters is 1. The van der Waals surface area contributed by atoms with Crippen LogP contribution >= 0.6 is 39.1 Å². The summed E-state index contributed by atoms with van der Waals surface area (Å²) in [6.07, 6.45) is -0.145. The third kappa shape index (κ3) is 5.99. The maximum atomic E-state index is 12.3. The van der Waals surface area contributed by atoms with Crippen molar-refractivity contribution < 1.29 is 23.9 Å². The summed E-state index contributed by atoms with van der Waals surface area (Å²) in [7, 11) is 0. The zero-order valence-electron chi connectivity index (χ0n) is 16.8. The van der Waals surface area contributed by atoms with Crippen LogP contribution in [0.2, 0.25) is 10.0 Å². The van der Waals surface area contributed by atoms with Gasteiger partial charge in [-0.2, -0.15) is 0 Å². The Balaban J connectivity index is 1.50. The number of carbonyl (C=O) groups excluding carboxylic acids is 4. The Hall–Kier alpha value is -2.62. The first-order valence-corrected chi connectivity index (χ1v) is 11.0. The summed E-state index contributed by atoms with van der Waals surface area (Å²) in [5, 5.41) is 4.20. The number of aryl methyl sites for hydroxylation is 1. The fourth-order valence-corrected chi connectivity index (χ4v) is 3.78. The molecule has 1 saturated heterocycles. The molecule has 0 unspecified atom stereocenters. The molecule has 32 heavy (non-hydrogen) atoms. The molecule has 3 amide bonds. The number of hydrogen-bond donors (Lipinski definition) is 2. The van der Waals surface area contributed by atoms with Gasteiger partial charge in [0.05, 0.1) is 22.5 Å². The van der Waals surface area contributed by atoms with Gasteiger partial charge in [0.15, 0.2) is 6.61 Å². The molecule has 1 atom stereocenters. The predicted octanol–water partition coefficient (Wildman–Crippen LogP) is 3.74. The number of hydrazine groups is 1. The molecule has 1 heterocycles. The molecule has 1 fully saturated rings. The molecule has 0 aromatic heterocycles. The zero-order chi connectivity index (χ0) is 23.4. The van der Waals surface area contributed by atoms with Gasteiger partial charge in [-0.15, -0.1) is 0 Å². The van der Waals surface area contributed by atoms with Crippen molar-refractivity contribution in [3.05, 3.63) is 62.0 Å². The van der Waals surface area contributed by atoms with E-state index in [0.717, 1.165) is 15.0 Å². The Bertz CT molecular complexity index is 1100. The predicted molar refractivity (Wildman–Crippen MR) is 122 cm³/mol. The van der Waals surface area contributed by atoms with Crippen molar-refractivity contribution >= 4 is 68.5 Å². The third-order valence-corrected chi connectivity index (χ3v) is 5.92. The van der Waals surface area contributed by atoms with Gasteiger partial charge < -0.3 is 10.1 Å². The fraction of sp³-hybridized carbons (Fsp3) is 0.238. The molecule has 3 rings (SSSR count). The number of hydrogen-bond acceptors (Lipinski definition) is 5. The van der Waals surface area contributed by atoms with E-state index in [9.17, 15) is 19.2 Å². The first kappa shape index (κ1) is 24.0. The van der Waals surface area contributed by atoms with E-state index in [1.54, 1.807) is 12.1 Å². The Kier molecular flexibility index (Phi) is 7.76. The van der Waals surface area contributed by atoms with E-state index in [-0.39, 0.29) is 23.6 Å². The molecule has 1 aliphatic heterocycles. The van der Waals surface area contributed by atoms with Crippen molar-refractivity contribution in [3.8, 4) is 0 Å². The lowest BCUT2D eigenvalue weighted by Gasteiger charge is -2.17. The highest BCUT2D eigenvalue weighted by Gasteiger charge is 2.36. The normalized spacial score (nSPS) is 15.4. The number of rotatable bonds is 6. The summed E-state index contributed by atoms with van der Waals surface area (Å²) in [4.78, 5) is 48.9. The van der Waals surface area contributed by atoms with Crippen LogP contribution in [0.1, 0.15) is 22.3 Å². The quantitative estimate of drug-likeness (QED) is 0.541. The molecule has 0 bridgehead atoms. The third-order valence-electron chi connectivity index (χ3n) is 4.68. The standard InChI is InChI=1S/C21H18BrCl2N3O5/c1-11-6-14(22)3-5-17(11)25-18(28)10-32-21(31)13-8-19(29)27(9-13)26-20(30)12-2-4-15(23)16(24)7-12/h2-7,13H,8-10H2,1H3,(H,25,28)(H,26,30)/t13-/m1/s1. The molecule has 2 aromatic rings. The summed E-state index contributed by atoms with van der Waals surface area (Å²) in [6.45, 7) is 1.27. The molecule has 11 heteroatoms. The summed E-state index contributed by atoms with van der Waals surface area (Å²) >= 11 is 15.1. The van der Waals surface area contributed by atoms with Gasteiger partial charge in [0.1, 0.15) is 0 Å². The van der Waals surface area contributed by atoms with E-state index in [2.05, 4.69) is 26.7 Å². The van der Waals surface area contributed by atoms with Gasteiger partial charge in [-0.25, -0.2) is 0 Å². The summed E-state index contributed by atoms with van der Waals surface area (Å²) in [5.41, 5.74) is 4.08. The second-order valence-electron chi connectivity index (χ2n) is 7.09. The molecule has 0 aliphatic carbocycles.